The third-order valence-electron chi connectivity index (χ3n) is 5.59. The molecule has 168 valence electrons. The van der Waals surface area contributed by atoms with E-state index in [1.807, 2.05) is 41.8 Å². The van der Waals surface area contributed by atoms with Crippen LogP contribution in [-0.2, 0) is 29.5 Å². The number of hydrogen-bond donors (Lipinski definition) is 1. The van der Waals surface area contributed by atoms with Crippen molar-refractivity contribution in [2.45, 2.75) is 24.4 Å². The van der Waals surface area contributed by atoms with Crippen LogP contribution in [0.15, 0.2) is 83.3 Å². The summed E-state index contributed by atoms with van der Waals surface area (Å²) in [5, 5.41) is 9.09. The molecule has 9 heteroatoms. The molecule has 5 rings (SSSR count). The average molecular weight is 479 g/mol. The number of rotatable bonds is 6. The molecule has 1 amide bonds. The summed E-state index contributed by atoms with van der Waals surface area (Å²) in [6.07, 6.45) is 4.03. The van der Waals surface area contributed by atoms with E-state index in [0.29, 0.717) is 31.7 Å². The van der Waals surface area contributed by atoms with Crippen LogP contribution in [0, 0.1) is 0 Å². The van der Waals surface area contributed by atoms with Gasteiger partial charge in [0.05, 0.1) is 23.3 Å². The molecule has 0 atom stereocenters. The van der Waals surface area contributed by atoms with E-state index in [2.05, 4.69) is 10.4 Å². The van der Waals surface area contributed by atoms with Gasteiger partial charge in [-0.15, -0.1) is 11.3 Å². The van der Waals surface area contributed by atoms with Crippen molar-refractivity contribution in [1.82, 2.24) is 14.1 Å². The Morgan fingerprint density at radius 2 is 1.94 bits per heavy atom. The normalized spacial score (nSPS) is 14.1. The van der Waals surface area contributed by atoms with Gasteiger partial charge in [-0.05, 0) is 47.2 Å². The van der Waals surface area contributed by atoms with Crippen molar-refractivity contribution >= 4 is 33.0 Å². The fourth-order valence-corrected chi connectivity index (χ4v) is 6.22. The van der Waals surface area contributed by atoms with E-state index in [1.54, 1.807) is 40.5 Å². The van der Waals surface area contributed by atoms with E-state index in [1.165, 1.54) is 21.3 Å². The Bertz CT molecular complexity index is 1390. The first kappa shape index (κ1) is 21.6. The van der Waals surface area contributed by atoms with E-state index < -0.39 is 10.0 Å². The summed E-state index contributed by atoms with van der Waals surface area (Å²) < 4.78 is 29.6. The third-order valence-corrected chi connectivity index (χ3v) is 8.45. The Labute approximate surface area is 196 Å². The maximum atomic E-state index is 13.2. The van der Waals surface area contributed by atoms with Crippen LogP contribution in [-0.4, -0.2) is 35.0 Å². The Kier molecular flexibility index (Phi) is 5.84. The Balaban J connectivity index is 1.29. The van der Waals surface area contributed by atoms with Crippen LogP contribution in [0.3, 0.4) is 0 Å². The highest BCUT2D eigenvalue weighted by molar-refractivity contribution is 7.89. The van der Waals surface area contributed by atoms with E-state index in [4.69, 9.17) is 0 Å². The molecular formula is C24H22N4O3S2. The van der Waals surface area contributed by atoms with Gasteiger partial charge in [-0.3, -0.25) is 9.48 Å². The van der Waals surface area contributed by atoms with Gasteiger partial charge in [0, 0.05) is 29.7 Å². The lowest BCUT2D eigenvalue weighted by Gasteiger charge is -2.26. The van der Waals surface area contributed by atoms with Crippen LogP contribution in [0.25, 0.3) is 0 Å². The fourth-order valence-electron chi connectivity index (χ4n) is 3.86. The molecule has 0 fully saturated rings. The van der Waals surface area contributed by atoms with Crippen molar-refractivity contribution in [3.63, 3.8) is 0 Å². The number of carbonyl (C=O) groups is 1. The second kappa shape index (κ2) is 8.93. The highest BCUT2D eigenvalue weighted by Gasteiger charge is 2.29. The molecule has 0 radical (unpaired) electrons. The van der Waals surface area contributed by atoms with Crippen LogP contribution in [0.1, 0.15) is 26.4 Å². The number of nitrogens with zero attached hydrogens (tertiary/aromatic N) is 3. The minimum absolute atomic E-state index is 0.119. The van der Waals surface area contributed by atoms with Gasteiger partial charge in [-0.2, -0.15) is 9.40 Å². The molecule has 0 bridgehead atoms. The van der Waals surface area contributed by atoms with Gasteiger partial charge >= 0.3 is 0 Å². The van der Waals surface area contributed by atoms with E-state index in [9.17, 15) is 13.2 Å². The van der Waals surface area contributed by atoms with Crippen molar-refractivity contribution in [3.8, 4) is 0 Å². The lowest BCUT2D eigenvalue weighted by atomic mass is 10.1. The van der Waals surface area contributed by atoms with Crippen molar-refractivity contribution < 1.29 is 13.2 Å². The number of thiophene rings is 1. The molecule has 33 heavy (non-hydrogen) atoms. The van der Waals surface area contributed by atoms with Gasteiger partial charge in [-0.25, -0.2) is 8.42 Å². The molecule has 0 unspecified atom stereocenters. The summed E-state index contributed by atoms with van der Waals surface area (Å²) in [6.45, 7) is 1.39. The second-order valence-corrected chi connectivity index (χ2v) is 10.8. The first-order valence-electron chi connectivity index (χ1n) is 10.5. The lowest BCUT2D eigenvalue weighted by Crippen LogP contribution is -2.35. The molecule has 0 spiro atoms. The number of hydrogen-bond acceptors (Lipinski definition) is 5. The maximum Gasteiger partial charge on any atom is 0.255 e. The van der Waals surface area contributed by atoms with E-state index in [-0.39, 0.29) is 16.4 Å². The summed E-state index contributed by atoms with van der Waals surface area (Å²) in [5.41, 5.74) is 2.98. The molecule has 7 nitrogen and oxygen atoms in total. The molecule has 1 N–H and O–H groups in total. The zero-order valence-electron chi connectivity index (χ0n) is 17.7. The van der Waals surface area contributed by atoms with Crippen molar-refractivity contribution in [2.24, 2.45) is 0 Å². The van der Waals surface area contributed by atoms with E-state index in [0.717, 1.165) is 11.1 Å². The molecule has 4 aromatic rings. The fraction of sp³-hybridized carbons (Fsp3) is 0.167. The summed E-state index contributed by atoms with van der Waals surface area (Å²) >= 11 is 1.66. The van der Waals surface area contributed by atoms with Crippen LogP contribution in [0.5, 0.6) is 0 Å². The van der Waals surface area contributed by atoms with Crippen molar-refractivity contribution in [3.05, 3.63) is 100 Å². The molecular weight excluding hydrogens is 456 g/mol. The number of carbonyl (C=O) groups excluding carboxylic acids is 1. The average Bonchev–Trinajstić information content (AvgIpc) is 3.48. The number of fused-ring (bicyclic) bond motifs is 1. The highest BCUT2D eigenvalue weighted by Crippen LogP contribution is 2.28. The Morgan fingerprint density at radius 1 is 1.09 bits per heavy atom. The summed E-state index contributed by atoms with van der Waals surface area (Å²) in [6, 6.07) is 18.0. The SMILES string of the molecule is O=C(Nc1cnn(Cc2ccccc2)c1)c1cccc(S(=O)(=O)N2CCc3sccc3C2)c1. The molecule has 2 aromatic carbocycles. The first-order chi connectivity index (χ1) is 16.0. The van der Waals surface area contributed by atoms with Crippen LogP contribution in [0.4, 0.5) is 5.69 Å². The highest BCUT2D eigenvalue weighted by atomic mass is 32.2. The minimum Gasteiger partial charge on any atom is -0.319 e. The van der Waals surface area contributed by atoms with Gasteiger partial charge < -0.3 is 5.32 Å². The van der Waals surface area contributed by atoms with Crippen LogP contribution < -0.4 is 5.32 Å². The topological polar surface area (TPSA) is 84.3 Å². The molecule has 0 saturated carbocycles. The molecule has 3 heterocycles. The summed E-state index contributed by atoms with van der Waals surface area (Å²) in [5.74, 6) is -0.384. The molecule has 0 aliphatic carbocycles. The smallest absolute Gasteiger partial charge is 0.255 e. The maximum absolute atomic E-state index is 13.2. The first-order valence-corrected chi connectivity index (χ1v) is 12.8. The number of sulfonamides is 1. The van der Waals surface area contributed by atoms with Crippen molar-refractivity contribution in [1.29, 1.82) is 0 Å². The van der Waals surface area contributed by atoms with Gasteiger partial charge in [0.25, 0.3) is 5.91 Å². The number of benzene rings is 2. The standard InChI is InChI=1S/C24H22N4O3S2/c29-24(26-21-14-25-27(17-21)15-18-5-2-1-3-6-18)19-7-4-8-22(13-19)33(30,31)28-11-9-23-20(16-28)10-12-32-23/h1-8,10,12-14,17H,9,11,15-16H2,(H,26,29). The van der Waals surface area contributed by atoms with Gasteiger partial charge in [0.2, 0.25) is 10.0 Å². The van der Waals surface area contributed by atoms with Gasteiger partial charge in [-0.1, -0.05) is 36.4 Å². The predicted molar refractivity (Wildman–Crippen MR) is 128 cm³/mol. The van der Waals surface area contributed by atoms with E-state index >= 15 is 0 Å². The lowest BCUT2D eigenvalue weighted by molar-refractivity contribution is 0.102. The molecule has 1 aliphatic heterocycles. The number of anilines is 1. The quantitative estimate of drug-likeness (QED) is 0.454. The summed E-state index contributed by atoms with van der Waals surface area (Å²) in [4.78, 5) is 14.2. The second-order valence-electron chi connectivity index (χ2n) is 7.85. The zero-order chi connectivity index (χ0) is 22.8. The number of nitrogens with one attached hydrogen (secondary N) is 1. The van der Waals surface area contributed by atoms with Crippen LogP contribution in [0.2, 0.25) is 0 Å². The predicted octanol–water partition coefficient (Wildman–Crippen LogP) is 3.99. The zero-order valence-corrected chi connectivity index (χ0v) is 19.3. The Hall–Kier alpha value is -3.27. The van der Waals surface area contributed by atoms with Crippen LogP contribution >= 0.6 is 11.3 Å². The summed E-state index contributed by atoms with van der Waals surface area (Å²) in [7, 11) is -3.70. The molecule has 2 aromatic heterocycles. The minimum atomic E-state index is -3.70. The van der Waals surface area contributed by atoms with Gasteiger partial charge in [0.1, 0.15) is 0 Å². The number of amides is 1. The molecule has 0 saturated heterocycles. The van der Waals surface area contributed by atoms with Gasteiger partial charge in [0.15, 0.2) is 0 Å². The molecule has 1 aliphatic rings. The number of aromatic nitrogens is 2. The third kappa shape index (κ3) is 4.61. The Morgan fingerprint density at radius 3 is 2.79 bits per heavy atom. The van der Waals surface area contributed by atoms with Crippen molar-refractivity contribution in [2.75, 3.05) is 11.9 Å². The monoisotopic (exact) mass is 478 g/mol. The largest absolute Gasteiger partial charge is 0.319 e.